The van der Waals surface area contributed by atoms with E-state index in [4.69, 9.17) is 4.74 Å². The van der Waals surface area contributed by atoms with Crippen LogP contribution in [0, 0.1) is 17.8 Å². The van der Waals surface area contributed by atoms with E-state index in [1.807, 2.05) is 0 Å². The second-order valence-electron chi connectivity index (χ2n) is 11.7. The first-order chi connectivity index (χ1) is 17.6. The Morgan fingerprint density at radius 2 is 1.42 bits per heavy atom. The zero-order valence-corrected chi connectivity index (χ0v) is 23.3. The fourth-order valence-corrected chi connectivity index (χ4v) is 6.40. The van der Waals surface area contributed by atoms with Crippen LogP contribution in [-0.2, 0) is 9.59 Å². The van der Waals surface area contributed by atoms with E-state index in [0.717, 1.165) is 63.7 Å². The Morgan fingerprint density at radius 3 is 2.11 bits per heavy atom. The first-order valence-electron chi connectivity index (χ1n) is 15.4. The van der Waals surface area contributed by atoms with Gasteiger partial charge in [0.15, 0.2) is 0 Å². The lowest BCUT2D eigenvalue weighted by molar-refractivity contribution is -0.136. The largest absolute Gasteiger partial charge is 0.494 e. The highest BCUT2D eigenvalue weighted by Crippen LogP contribution is 2.39. The number of benzene rings is 1. The van der Waals surface area contributed by atoms with E-state index in [1.54, 1.807) is 0 Å². The Balaban J connectivity index is 1.33. The molecule has 0 bridgehead atoms. The SMILES string of the molecule is CCCCCCCCOc1ccc([C@H]2CC[C@H](CC(=O)C3CCC(CCCCC)CC3=O)CC2)cc1. The number of carbonyl (C=O) groups is 2. The molecule has 3 heteroatoms. The van der Waals surface area contributed by atoms with Gasteiger partial charge in [-0.05, 0) is 80.4 Å². The summed E-state index contributed by atoms with van der Waals surface area (Å²) in [6.07, 6.45) is 20.2. The highest BCUT2D eigenvalue weighted by Gasteiger charge is 2.34. The van der Waals surface area contributed by atoms with Gasteiger partial charge in [0.2, 0.25) is 0 Å². The van der Waals surface area contributed by atoms with Gasteiger partial charge in [0.05, 0.1) is 12.5 Å². The molecule has 1 aromatic carbocycles. The molecule has 3 nitrogen and oxygen atoms in total. The standard InChI is InChI=1S/C33H52O3/c1-3-5-7-8-9-11-23-36-30-20-18-29(19-21-30)28-16-13-27(14-17-28)25-33(35)31-22-15-26(24-32(31)34)12-10-6-4-2/h18-21,26-28,31H,3-17,22-25H2,1-2H3/t26?,27-,28-,31?. The lowest BCUT2D eigenvalue weighted by atomic mass is 9.73. The second-order valence-corrected chi connectivity index (χ2v) is 11.7. The van der Waals surface area contributed by atoms with Gasteiger partial charge in [0.1, 0.15) is 17.3 Å². The maximum Gasteiger partial charge on any atom is 0.143 e. The number of unbranched alkanes of at least 4 members (excludes halogenated alkanes) is 7. The third kappa shape index (κ3) is 9.67. The zero-order chi connectivity index (χ0) is 25.6. The van der Waals surface area contributed by atoms with Gasteiger partial charge in [-0.3, -0.25) is 9.59 Å². The van der Waals surface area contributed by atoms with Crippen LogP contribution < -0.4 is 4.74 Å². The van der Waals surface area contributed by atoms with Gasteiger partial charge < -0.3 is 4.74 Å². The maximum absolute atomic E-state index is 13.0. The molecule has 0 spiro atoms. The average Bonchev–Trinajstić information content (AvgIpc) is 2.89. The number of Topliss-reactive ketones (excluding diaryl/α,β-unsaturated/α-hetero) is 2. The van der Waals surface area contributed by atoms with Crippen LogP contribution in [0.5, 0.6) is 5.75 Å². The molecule has 202 valence electrons. The Bertz CT molecular complexity index is 760. The number of rotatable bonds is 16. The molecule has 36 heavy (non-hydrogen) atoms. The molecule has 2 unspecified atom stereocenters. The summed E-state index contributed by atoms with van der Waals surface area (Å²) in [4.78, 5) is 25.7. The summed E-state index contributed by atoms with van der Waals surface area (Å²) in [5, 5.41) is 0. The second kappa shape index (κ2) is 16.3. The van der Waals surface area contributed by atoms with E-state index >= 15 is 0 Å². The number of carbonyl (C=O) groups excluding carboxylic acids is 2. The highest BCUT2D eigenvalue weighted by molar-refractivity contribution is 6.02. The van der Waals surface area contributed by atoms with E-state index < -0.39 is 0 Å². The molecular formula is C33H52O3. The summed E-state index contributed by atoms with van der Waals surface area (Å²) in [6, 6.07) is 8.74. The predicted octanol–water partition coefficient (Wildman–Crippen LogP) is 9.22. The van der Waals surface area contributed by atoms with E-state index in [-0.39, 0.29) is 17.5 Å². The predicted molar refractivity (Wildman–Crippen MR) is 150 cm³/mol. The molecule has 0 radical (unpaired) electrons. The summed E-state index contributed by atoms with van der Waals surface area (Å²) in [5.74, 6) is 2.73. The molecule has 0 heterocycles. The van der Waals surface area contributed by atoms with E-state index in [2.05, 4.69) is 38.1 Å². The van der Waals surface area contributed by atoms with Crippen molar-refractivity contribution < 1.29 is 14.3 Å². The first kappa shape index (κ1) is 28.9. The van der Waals surface area contributed by atoms with Gasteiger partial charge in [-0.2, -0.15) is 0 Å². The Morgan fingerprint density at radius 1 is 0.778 bits per heavy atom. The van der Waals surface area contributed by atoms with E-state index in [1.165, 1.54) is 56.9 Å². The number of ether oxygens (including phenoxy) is 1. The third-order valence-corrected chi connectivity index (χ3v) is 8.80. The Labute approximate surface area is 221 Å². The molecule has 0 amide bonds. The van der Waals surface area contributed by atoms with Gasteiger partial charge in [-0.1, -0.05) is 83.8 Å². The van der Waals surface area contributed by atoms with Crippen LogP contribution in [-0.4, -0.2) is 18.2 Å². The summed E-state index contributed by atoms with van der Waals surface area (Å²) in [7, 11) is 0. The molecule has 2 aliphatic rings. The van der Waals surface area contributed by atoms with Gasteiger partial charge in [0.25, 0.3) is 0 Å². The number of ketones is 2. The normalized spacial score (nSPS) is 24.6. The molecule has 2 atom stereocenters. The Hall–Kier alpha value is -1.64. The molecule has 3 rings (SSSR count). The van der Waals surface area contributed by atoms with Gasteiger partial charge in [-0.25, -0.2) is 0 Å². The zero-order valence-electron chi connectivity index (χ0n) is 23.3. The minimum atomic E-state index is -0.297. The monoisotopic (exact) mass is 496 g/mol. The van der Waals surface area contributed by atoms with E-state index in [0.29, 0.717) is 30.6 Å². The molecule has 0 saturated heterocycles. The van der Waals surface area contributed by atoms with Crippen LogP contribution >= 0.6 is 0 Å². The van der Waals surface area contributed by atoms with Crippen LogP contribution in [0.3, 0.4) is 0 Å². The quantitative estimate of drug-likeness (QED) is 0.169. The molecule has 2 aliphatic carbocycles. The van der Waals surface area contributed by atoms with Crippen molar-refractivity contribution in [1.29, 1.82) is 0 Å². The van der Waals surface area contributed by atoms with Crippen molar-refractivity contribution in [2.45, 2.75) is 135 Å². The molecule has 2 fully saturated rings. The van der Waals surface area contributed by atoms with Crippen LogP contribution in [0.25, 0.3) is 0 Å². The van der Waals surface area contributed by atoms with Crippen LogP contribution in [0.1, 0.15) is 141 Å². The van der Waals surface area contributed by atoms with Crippen molar-refractivity contribution in [3.8, 4) is 5.75 Å². The smallest absolute Gasteiger partial charge is 0.143 e. The topological polar surface area (TPSA) is 43.4 Å². The fraction of sp³-hybridized carbons (Fsp3) is 0.758. The molecular weight excluding hydrogens is 444 g/mol. The fourth-order valence-electron chi connectivity index (χ4n) is 6.40. The minimum absolute atomic E-state index is 0.236. The van der Waals surface area contributed by atoms with Crippen molar-refractivity contribution >= 4 is 11.6 Å². The molecule has 2 saturated carbocycles. The van der Waals surface area contributed by atoms with Gasteiger partial charge >= 0.3 is 0 Å². The van der Waals surface area contributed by atoms with Crippen molar-refractivity contribution in [1.82, 2.24) is 0 Å². The molecule has 0 aliphatic heterocycles. The van der Waals surface area contributed by atoms with E-state index in [9.17, 15) is 9.59 Å². The van der Waals surface area contributed by atoms with Crippen molar-refractivity contribution in [3.05, 3.63) is 29.8 Å². The van der Waals surface area contributed by atoms with Crippen molar-refractivity contribution in [2.75, 3.05) is 6.61 Å². The number of hydrogen-bond acceptors (Lipinski definition) is 3. The summed E-state index contributed by atoms with van der Waals surface area (Å²) >= 11 is 0. The van der Waals surface area contributed by atoms with Crippen LogP contribution in [0.4, 0.5) is 0 Å². The Kier molecular flexibility index (Phi) is 13.1. The van der Waals surface area contributed by atoms with Gasteiger partial charge in [-0.15, -0.1) is 0 Å². The van der Waals surface area contributed by atoms with Crippen molar-refractivity contribution in [3.63, 3.8) is 0 Å². The molecule has 0 N–H and O–H groups in total. The van der Waals surface area contributed by atoms with Gasteiger partial charge in [0, 0.05) is 12.8 Å². The minimum Gasteiger partial charge on any atom is -0.494 e. The van der Waals surface area contributed by atoms with Crippen LogP contribution in [0.2, 0.25) is 0 Å². The first-order valence-corrected chi connectivity index (χ1v) is 15.4. The summed E-state index contributed by atoms with van der Waals surface area (Å²) in [6.45, 7) is 5.29. The summed E-state index contributed by atoms with van der Waals surface area (Å²) < 4.78 is 5.95. The van der Waals surface area contributed by atoms with Crippen LogP contribution in [0.15, 0.2) is 24.3 Å². The lowest BCUT2D eigenvalue weighted by Crippen LogP contribution is -2.32. The molecule has 0 aromatic heterocycles. The average molecular weight is 497 g/mol. The number of hydrogen-bond donors (Lipinski definition) is 0. The maximum atomic E-state index is 13.0. The third-order valence-electron chi connectivity index (χ3n) is 8.80. The van der Waals surface area contributed by atoms with Crippen molar-refractivity contribution in [2.24, 2.45) is 17.8 Å². The molecule has 1 aromatic rings. The highest BCUT2D eigenvalue weighted by atomic mass is 16.5. The summed E-state index contributed by atoms with van der Waals surface area (Å²) in [5.41, 5.74) is 1.41. The lowest BCUT2D eigenvalue weighted by Gasteiger charge is -2.31.